The van der Waals surface area contributed by atoms with Crippen LogP contribution in [0.25, 0.3) is 0 Å². The summed E-state index contributed by atoms with van der Waals surface area (Å²) in [5.74, 6) is 0.981. The van der Waals surface area contributed by atoms with Crippen LogP contribution in [0.15, 0.2) is 0 Å². The quantitative estimate of drug-likeness (QED) is 0.799. The summed E-state index contributed by atoms with van der Waals surface area (Å²) in [6.07, 6.45) is 2.35. The average molecular weight is 209 g/mol. The van der Waals surface area contributed by atoms with Gasteiger partial charge in [-0.3, -0.25) is 5.10 Å². The first-order valence-electron chi connectivity index (χ1n) is 5.64. The van der Waals surface area contributed by atoms with E-state index in [9.17, 15) is 0 Å². The van der Waals surface area contributed by atoms with E-state index in [1.807, 2.05) is 0 Å². The van der Waals surface area contributed by atoms with Crippen molar-refractivity contribution in [2.24, 2.45) is 0 Å². The highest BCUT2D eigenvalue weighted by Crippen LogP contribution is 2.21. The van der Waals surface area contributed by atoms with Gasteiger partial charge < -0.3 is 10.1 Å². The van der Waals surface area contributed by atoms with Crippen LogP contribution in [0, 0.1) is 6.92 Å². The van der Waals surface area contributed by atoms with E-state index in [-0.39, 0.29) is 6.10 Å². The maximum absolute atomic E-state index is 5.51. The molecule has 4 heteroatoms. The number of nitrogens with zero attached hydrogens (tertiary/aromatic N) is 1. The van der Waals surface area contributed by atoms with E-state index in [0.29, 0.717) is 6.04 Å². The highest BCUT2D eigenvalue weighted by atomic mass is 16.5. The first-order valence-corrected chi connectivity index (χ1v) is 5.64. The molecule has 0 saturated carbocycles. The van der Waals surface area contributed by atoms with E-state index >= 15 is 0 Å². The fourth-order valence-electron chi connectivity index (χ4n) is 2.02. The lowest BCUT2D eigenvalue weighted by atomic mass is 10.1. The molecule has 1 aromatic rings. The molecule has 0 bridgehead atoms. The molecule has 2 atom stereocenters. The van der Waals surface area contributed by atoms with E-state index in [4.69, 9.17) is 4.74 Å². The molecule has 1 saturated heterocycles. The number of hydrogen-bond donors (Lipinski definition) is 2. The molecule has 0 spiro atoms. The summed E-state index contributed by atoms with van der Waals surface area (Å²) in [4.78, 5) is 0. The van der Waals surface area contributed by atoms with Gasteiger partial charge in [-0.15, -0.1) is 0 Å². The van der Waals surface area contributed by atoms with Crippen molar-refractivity contribution in [2.75, 3.05) is 11.9 Å². The smallest absolute Gasteiger partial charge is 0.151 e. The summed E-state index contributed by atoms with van der Waals surface area (Å²) in [7, 11) is 0. The summed E-state index contributed by atoms with van der Waals surface area (Å²) in [5.41, 5.74) is 2.45. The lowest BCUT2D eigenvalue weighted by Crippen LogP contribution is -2.27. The van der Waals surface area contributed by atoms with Gasteiger partial charge in [-0.25, -0.2) is 0 Å². The Bertz CT molecular complexity index is 335. The Kier molecular flexibility index (Phi) is 2.95. The Morgan fingerprint density at radius 3 is 2.93 bits per heavy atom. The van der Waals surface area contributed by atoms with E-state index < -0.39 is 0 Å². The van der Waals surface area contributed by atoms with Gasteiger partial charge >= 0.3 is 0 Å². The highest BCUT2D eigenvalue weighted by Gasteiger charge is 2.25. The second kappa shape index (κ2) is 4.23. The fourth-order valence-corrected chi connectivity index (χ4v) is 2.02. The predicted molar refractivity (Wildman–Crippen MR) is 60.1 cm³/mol. The van der Waals surface area contributed by atoms with Crippen LogP contribution in [0.3, 0.4) is 0 Å². The molecule has 0 unspecified atom stereocenters. The third-order valence-electron chi connectivity index (χ3n) is 3.16. The topological polar surface area (TPSA) is 49.9 Å². The summed E-state index contributed by atoms with van der Waals surface area (Å²) < 4.78 is 5.51. The zero-order chi connectivity index (χ0) is 10.8. The van der Waals surface area contributed by atoms with Gasteiger partial charge in [0.1, 0.15) is 0 Å². The van der Waals surface area contributed by atoms with Gasteiger partial charge in [0.25, 0.3) is 0 Å². The van der Waals surface area contributed by atoms with E-state index in [0.717, 1.165) is 25.3 Å². The molecule has 0 aromatic carbocycles. The van der Waals surface area contributed by atoms with Crippen molar-refractivity contribution >= 4 is 5.82 Å². The lowest BCUT2D eigenvalue weighted by Gasteiger charge is -2.15. The van der Waals surface area contributed by atoms with Crippen LogP contribution in [0.2, 0.25) is 0 Å². The van der Waals surface area contributed by atoms with Crippen molar-refractivity contribution in [3.8, 4) is 0 Å². The van der Waals surface area contributed by atoms with Crippen molar-refractivity contribution in [1.82, 2.24) is 10.2 Å². The monoisotopic (exact) mass is 209 g/mol. The number of nitrogens with one attached hydrogen (secondary N) is 2. The molecule has 0 radical (unpaired) electrons. The van der Waals surface area contributed by atoms with E-state index in [1.54, 1.807) is 0 Å². The molecule has 1 aromatic heterocycles. The normalized spacial score (nSPS) is 25.8. The van der Waals surface area contributed by atoms with Gasteiger partial charge in [0.15, 0.2) is 5.82 Å². The predicted octanol–water partition coefficient (Wildman–Crippen LogP) is 1.87. The molecular weight excluding hydrogens is 190 g/mol. The molecule has 2 N–H and O–H groups in total. The largest absolute Gasteiger partial charge is 0.376 e. The number of H-pyrrole nitrogens is 1. The molecule has 2 rings (SSSR count). The Balaban J connectivity index is 2.07. The third kappa shape index (κ3) is 2.00. The fraction of sp³-hybridized carbons (Fsp3) is 0.727. The molecule has 0 amide bonds. The number of aromatic nitrogens is 2. The van der Waals surface area contributed by atoms with Gasteiger partial charge in [-0.05, 0) is 26.7 Å². The van der Waals surface area contributed by atoms with Crippen LogP contribution in [0.1, 0.15) is 31.5 Å². The molecule has 15 heavy (non-hydrogen) atoms. The van der Waals surface area contributed by atoms with Crippen molar-refractivity contribution < 1.29 is 4.74 Å². The molecule has 1 aliphatic rings. The van der Waals surface area contributed by atoms with Crippen molar-refractivity contribution in [3.63, 3.8) is 0 Å². The summed E-state index contributed by atoms with van der Waals surface area (Å²) in [6, 6.07) is 0.400. The Labute approximate surface area is 90.4 Å². The number of ether oxygens (including phenoxy) is 1. The standard InChI is InChI=1S/C11H19N3O/c1-4-9-7(2)11(14-13-9)12-10-5-6-15-8(10)3/h8,10H,4-6H2,1-3H3,(H2,12,13,14)/t8-,10-/m0/s1. The number of anilines is 1. The minimum absolute atomic E-state index is 0.283. The van der Waals surface area contributed by atoms with Gasteiger partial charge in [-0.2, -0.15) is 5.10 Å². The zero-order valence-corrected chi connectivity index (χ0v) is 9.63. The maximum Gasteiger partial charge on any atom is 0.151 e. The van der Waals surface area contributed by atoms with Crippen molar-refractivity contribution in [1.29, 1.82) is 0 Å². The van der Waals surface area contributed by atoms with Crippen LogP contribution in [-0.2, 0) is 11.2 Å². The van der Waals surface area contributed by atoms with Crippen molar-refractivity contribution in [2.45, 2.75) is 45.8 Å². The van der Waals surface area contributed by atoms with Crippen LogP contribution < -0.4 is 5.32 Å². The van der Waals surface area contributed by atoms with Crippen LogP contribution in [-0.4, -0.2) is 29.0 Å². The van der Waals surface area contributed by atoms with Gasteiger partial charge in [0.05, 0.1) is 12.1 Å². The second-order valence-corrected chi connectivity index (χ2v) is 4.14. The number of aromatic amines is 1. The van der Waals surface area contributed by atoms with E-state index in [2.05, 4.69) is 36.3 Å². The Morgan fingerprint density at radius 2 is 2.40 bits per heavy atom. The van der Waals surface area contributed by atoms with Gasteiger partial charge in [0, 0.05) is 17.9 Å². The van der Waals surface area contributed by atoms with Crippen LogP contribution in [0.5, 0.6) is 0 Å². The molecule has 2 heterocycles. The van der Waals surface area contributed by atoms with Crippen LogP contribution in [0.4, 0.5) is 5.82 Å². The minimum atomic E-state index is 0.283. The Morgan fingerprint density at radius 1 is 1.60 bits per heavy atom. The lowest BCUT2D eigenvalue weighted by molar-refractivity contribution is 0.121. The van der Waals surface area contributed by atoms with Crippen LogP contribution >= 0.6 is 0 Å². The molecule has 1 aliphatic heterocycles. The number of hydrogen-bond acceptors (Lipinski definition) is 3. The number of rotatable bonds is 3. The van der Waals surface area contributed by atoms with Gasteiger partial charge in [0.2, 0.25) is 0 Å². The molecule has 1 fully saturated rings. The first-order chi connectivity index (χ1) is 7.22. The summed E-state index contributed by atoms with van der Waals surface area (Å²) in [5, 5.41) is 10.8. The minimum Gasteiger partial charge on any atom is -0.376 e. The molecule has 84 valence electrons. The third-order valence-corrected chi connectivity index (χ3v) is 3.16. The second-order valence-electron chi connectivity index (χ2n) is 4.14. The molecule has 0 aliphatic carbocycles. The molecule has 4 nitrogen and oxygen atoms in total. The van der Waals surface area contributed by atoms with Gasteiger partial charge in [-0.1, -0.05) is 6.92 Å². The average Bonchev–Trinajstić information content (AvgIpc) is 2.77. The molecular formula is C11H19N3O. The Hall–Kier alpha value is -1.03. The summed E-state index contributed by atoms with van der Waals surface area (Å²) >= 11 is 0. The van der Waals surface area contributed by atoms with E-state index in [1.165, 1.54) is 11.3 Å². The zero-order valence-electron chi connectivity index (χ0n) is 9.63. The SMILES string of the molecule is CCc1[nH]nc(N[C@H]2CCO[C@H]2C)c1C. The first kappa shape index (κ1) is 10.5. The maximum atomic E-state index is 5.51. The number of aryl methyl sites for hydroxylation is 1. The highest BCUT2D eigenvalue weighted by molar-refractivity contribution is 5.46. The van der Waals surface area contributed by atoms with Crippen molar-refractivity contribution in [3.05, 3.63) is 11.3 Å². The summed E-state index contributed by atoms with van der Waals surface area (Å²) in [6.45, 7) is 7.19.